The van der Waals surface area contributed by atoms with Crippen molar-refractivity contribution in [2.24, 2.45) is 0 Å². The highest BCUT2D eigenvalue weighted by Gasteiger charge is 2.10. The smallest absolute Gasteiger partial charge is 0.157 e. The van der Waals surface area contributed by atoms with Crippen LogP contribution in [0.5, 0.6) is 5.75 Å². The monoisotopic (exact) mass is 348 g/mol. The first-order valence-corrected chi connectivity index (χ1v) is 8.38. The lowest BCUT2D eigenvalue weighted by Gasteiger charge is -2.10. The molecular formula is C19H20N6O. The largest absolute Gasteiger partial charge is 0.497 e. The van der Waals surface area contributed by atoms with E-state index in [1.165, 1.54) is 0 Å². The molecule has 4 aromatic rings. The van der Waals surface area contributed by atoms with Crippen LogP contribution in [0.2, 0.25) is 0 Å². The molecule has 4 rings (SSSR count). The summed E-state index contributed by atoms with van der Waals surface area (Å²) in [4.78, 5) is 4.51. The molecule has 0 radical (unpaired) electrons. The first-order valence-electron chi connectivity index (χ1n) is 8.38. The maximum Gasteiger partial charge on any atom is 0.157 e. The van der Waals surface area contributed by atoms with Gasteiger partial charge in [-0.1, -0.05) is 0 Å². The van der Waals surface area contributed by atoms with E-state index in [0.29, 0.717) is 6.54 Å². The molecular weight excluding hydrogens is 328 g/mol. The Bertz CT molecular complexity index is 1050. The number of aryl methyl sites for hydroxylation is 2. The predicted molar refractivity (Wildman–Crippen MR) is 100 cm³/mol. The molecule has 0 unspecified atom stereocenters. The van der Waals surface area contributed by atoms with Crippen molar-refractivity contribution in [3.63, 3.8) is 0 Å². The maximum absolute atomic E-state index is 5.22. The van der Waals surface area contributed by atoms with Crippen LogP contribution in [-0.2, 0) is 6.54 Å². The Hall–Kier alpha value is -3.35. The summed E-state index contributed by atoms with van der Waals surface area (Å²) in [6, 6.07) is 11.9. The summed E-state index contributed by atoms with van der Waals surface area (Å²) in [5, 5.41) is 15.3. The van der Waals surface area contributed by atoms with Crippen LogP contribution in [-0.4, -0.2) is 31.9 Å². The van der Waals surface area contributed by atoms with Crippen molar-refractivity contribution in [2.75, 3.05) is 12.4 Å². The minimum absolute atomic E-state index is 0.620. The summed E-state index contributed by atoms with van der Waals surface area (Å²) < 4.78 is 7.05. The van der Waals surface area contributed by atoms with E-state index in [1.807, 2.05) is 61.0 Å². The number of hydrogen-bond donors (Lipinski definition) is 2. The van der Waals surface area contributed by atoms with Gasteiger partial charge in [0.2, 0.25) is 0 Å². The van der Waals surface area contributed by atoms with Gasteiger partial charge in [0.25, 0.3) is 0 Å². The average Bonchev–Trinajstić information content (AvgIpc) is 3.25. The fourth-order valence-corrected chi connectivity index (χ4v) is 2.98. The fraction of sp³-hybridized carbons (Fsp3) is 0.211. The Morgan fingerprint density at radius 2 is 1.92 bits per heavy atom. The molecule has 2 N–H and O–H groups in total. The summed E-state index contributed by atoms with van der Waals surface area (Å²) in [6.07, 6.45) is 1.84. The summed E-state index contributed by atoms with van der Waals surface area (Å²) in [6.45, 7) is 4.56. The van der Waals surface area contributed by atoms with Crippen molar-refractivity contribution >= 4 is 11.5 Å². The van der Waals surface area contributed by atoms with E-state index in [-0.39, 0.29) is 0 Å². The van der Waals surface area contributed by atoms with Crippen molar-refractivity contribution in [2.45, 2.75) is 20.4 Å². The van der Waals surface area contributed by atoms with Crippen LogP contribution in [0.25, 0.3) is 16.9 Å². The number of methoxy groups -OCH3 is 1. The Labute approximate surface area is 151 Å². The minimum atomic E-state index is 0.620. The highest BCUT2D eigenvalue weighted by atomic mass is 16.5. The van der Waals surface area contributed by atoms with Gasteiger partial charge in [0.1, 0.15) is 11.6 Å². The quantitative estimate of drug-likeness (QED) is 0.578. The van der Waals surface area contributed by atoms with E-state index in [4.69, 9.17) is 4.74 Å². The van der Waals surface area contributed by atoms with Gasteiger partial charge in [0.15, 0.2) is 5.65 Å². The highest BCUT2D eigenvalue weighted by molar-refractivity contribution is 5.64. The van der Waals surface area contributed by atoms with Gasteiger partial charge in [-0.25, -0.2) is 4.98 Å². The number of rotatable bonds is 5. The van der Waals surface area contributed by atoms with Gasteiger partial charge in [0.05, 0.1) is 24.7 Å². The van der Waals surface area contributed by atoms with Crippen LogP contribution in [0.3, 0.4) is 0 Å². The lowest BCUT2D eigenvalue weighted by Crippen LogP contribution is -2.07. The van der Waals surface area contributed by atoms with Crippen molar-refractivity contribution in [1.29, 1.82) is 0 Å². The first-order chi connectivity index (χ1) is 12.6. The molecule has 0 aliphatic carbocycles. The average molecular weight is 348 g/mol. The van der Waals surface area contributed by atoms with Crippen LogP contribution in [0.4, 0.5) is 5.82 Å². The van der Waals surface area contributed by atoms with E-state index >= 15 is 0 Å². The Morgan fingerprint density at radius 3 is 2.69 bits per heavy atom. The molecule has 0 fully saturated rings. The second-order valence-corrected chi connectivity index (χ2v) is 6.19. The molecule has 0 aliphatic heterocycles. The van der Waals surface area contributed by atoms with Gasteiger partial charge >= 0.3 is 0 Å². The molecule has 1 aromatic carbocycles. The molecule has 0 saturated carbocycles. The number of hydrogen-bond acceptors (Lipinski definition) is 5. The normalized spacial score (nSPS) is 11.0. The van der Waals surface area contributed by atoms with E-state index in [2.05, 4.69) is 25.6 Å². The standard InChI is InChI=1S/C19H20N6O/c1-12-8-17(25-18(22-12)9-13(2)24-25)20-10-15-11-21-23-19(15)14-4-6-16(26-3)7-5-14/h4-9,11,20H,10H2,1-3H3,(H,21,23). The molecule has 26 heavy (non-hydrogen) atoms. The van der Waals surface area contributed by atoms with Crippen molar-refractivity contribution in [3.05, 3.63) is 59.5 Å². The lowest BCUT2D eigenvalue weighted by atomic mass is 10.1. The van der Waals surface area contributed by atoms with E-state index in [1.54, 1.807) is 7.11 Å². The number of fused-ring (bicyclic) bond motifs is 1. The Kier molecular flexibility index (Phi) is 4.04. The summed E-state index contributed by atoms with van der Waals surface area (Å²) >= 11 is 0. The molecule has 132 valence electrons. The van der Waals surface area contributed by atoms with Crippen LogP contribution in [0.15, 0.2) is 42.6 Å². The van der Waals surface area contributed by atoms with Crippen LogP contribution < -0.4 is 10.1 Å². The number of H-pyrrole nitrogens is 1. The molecule has 0 saturated heterocycles. The molecule has 7 nitrogen and oxygen atoms in total. The topological polar surface area (TPSA) is 80.1 Å². The summed E-state index contributed by atoms with van der Waals surface area (Å²) in [5.74, 6) is 1.74. The van der Waals surface area contributed by atoms with E-state index in [9.17, 15) is 0 Å². The van der Waals surface area contributed by atoms with Gasteiger partial charge in [-0.3, -0.25) is 5.10 Å². The number of aromatic amines is 1. The number of aromatic nitrogens is 5. The van der Waals surface area contributed by atoms with Crippen molar-refractivity contribution < 1.29 is 4.74 Å². The first kappa shape index (κ1) is 16.1. The highest BCUT2D eigenvalue weighted by Crippen LogP contribution is 2.24. The molecule has 0 spiro atoms. The second kappa shape index (κ2) is 6.51. The van der Waals surface area contributed by atoms with Crippen LogP contribution in [0, 0.1) is 13.8 Å². The fourth-order valence-electron chi connectivity index (χ4n) is 2.98. The molecule has 0 atom stereocenters. The molecule has 0 bridgehead atoms. The summed E-state index contributed by atoms with van der Waals surface area (Å²) in [7, 11) is 1.66. The van der Waals surface area contributed by atoms with Gasteiger partial charge in [-0.05, 0) is 38.1 Å². The van der Waals surface area contributed by atoms with E-state index < -0.39 is 0 Å². The molecule has 3 aromatic heterocycles. The molecule has 0 aliphatic rings. The maximum atomic E-state index is 5.22. The predicted octanol–water partition coefficient (Wildman–Crippen LogP) is 3.36. The number of ether oxygens (including phenoxy) is 1. The molecule has 3 heterocycles. The number of nitrogens with one attached hydrogen (secondary N) is 2. The Morgan fingerprint density at radius 1 is 1.12 bits per heavy atom. The number of anilines is 1. The SMILES string of the molecule is COc1ccc(-c2[nH]ncc2CNc2cc(C)nc3cc(C)nn23)cc1. The zero-order chi connectivity index (χ0) is 18.1. The second-order valence-electron chi connectivity index (χ2n) is 6.19. The third-order valence-electron chi connectivity index (χ3n) is 4.23. The van der Waals surface area contributed by atoms with Crippen LogP contribution in [0.1, 0.15) is 17.0 Å². The van der Waals surface area contributed by atoms with E-state index in [0.717, 1.165) is 45.4 Å². The molecule has 0 amide bonds. The van der Waals surface area contributed by atoms with Crippen molar-refractivity contribution in [1.82, 2.24) is 24.8 Å². The Balaban J connectivity index is 1.60. The zero-order valence-corrected chi connectivity index (χ0v) is 14.9. The third kappa shape index (κ3) is 2.99. The third-order valence-corrected chi connectivity index (χ3v) is 4.23. The van der Waals surface area contributed by atoms with Gasteiger partial charge in [0, 0.05) is 35.5 Å². The van der Waals surface area contributed by atoms with Crippen LogP contribution >= 0.6 is 0 Å². The van der Waals surface area contributed by atoms with Gasteiger partial charge in [-0.2, -0.15) is 14.7 Å². The lowest BCUT2D eigenvalue weighted by molar-refractivity contribution is 0.415. The minimum Gasteiger partial charge on any atom is -0.497 e. The molecule has 7 heteroatoms. The summed E-state index contributed by atoms with van der Waals surface area (Å²) in [5.41, 5.74) is 5.84. The van der Waals surface area contributed by atoms with Gasteiger partial charge in [-0.15, -0.1) is 0 Å². The zero-order valence-electron chi connectivity index (χ0n) is 14.9. The van der Waals surface area contributed by atoms with Gasteiger partial charge < -0.3 is 10.1 Å². The van der Waals surface area contributed by atoms with Crippen molar-refractivity contribution in [3.8, 4) is 17.0 Å². The number of benzene rings is 1. The number of nitrogens with zero attached hydrogens (tertiary/aromatic N) is 4.